The van der Waals surface area contributed by atoms with Crippen molar-refractivity contribution in [3.8, 4) is 11.5 Å². The van der Waals surface area contributed by atoms with E-state index in [2.05, 4.69) is 92.3 Å². The summed E-state index contributed by atoms with van der Waals surface area (Å²) >= 11 is 0. The van der Waals surface area contributed by atoms with Crippen LogP contribution in [-0.2, 0) is 46.8 Å². The van der Waals surface area contributed by atoms with Crippen LogP contribution in [0, 0.1) is 0 Å². The summed E-state index contributed by atoms with van der Waals surface area (Å²) in [5.41, 5.74) is 0. The highest BCUT2D eigenvalue weighted by atomic mass is 31.2. The SMILES string of the molecule is CCCCCCCCCCCC(CC(=O)N[C@H]1[C@H](OCC[Si](C)(C)C)O[C@H](CO[Si](C)(C)C(C)(C)C)[C@@H](OP(=O)(Oc2ccccc2)Oc2ccccc2)[C@@H]1OC(=O)CC(O)CCCCCCC)OCOCC[Si](C)(C)C. The van der Waals surface area contributed by atoms with Crippen molar-refractivity contribution in [1.29, 1.82) is 0 Å². The van der Waals surface area contributed by atoms with Crippen LogP contribution in [0.2, 0.25) is 69.5 Å². The lowest BCUT2D eigenvalue weighted by Crippen LogP contribution is -2.67. The van der Waals surface area contributed by atoms with Gasteiger partial charge in [-0.25, -0.2) is 4.57 Å². The molecule has 2 aromatic carbocycles. The molecule has 1 amide bonds. The first-order valence-electron chi connectivity index (χ1n) is 29.4. The van der Waals surface area contributed by atoms with E-state index in [1.165, 1.54) is 38.5 Å². The molecule has 77 heavy (non-hydrogen) atoms. The number of esters is 1. The van der Waals surface area contributed by atoms with Crippen molar-refractivity contribution in [3.05, 3.63) is 60.7 Å². The van der Waals surface area contributed by atoms with E-state index in [9.17, 15) is 14.7 Å². The minimum Gasteiger partial charge on any atom is -0.457 e. The lowest BCUT2D eigenvalue weighted by atomic mass is 9.96. The average molecular weight is 1150 g/mol. The monoisotopic (exact) mass is 1150 g/mol. The van der Waals surface area contributed by atoms with Crippen molar-refractivity contribution in [2.75, 3.05) is 26.6 Å². The number of para-hydroxylation sites is 2. The number of nitrogens with one attached hydrogen (secondary N) is 1. The third kappa shape index (κ3) is 29.2. The first-order valence-corrected chi connectivity index (χ1v) is 41.2. The maximum atomic E-state index is 15.5. The summed E-state index contributed by atoms with van der Waals surface area (Å²) in [5.74, 6) is -0.728. The Hall–Kier alpha value is -2.42. The van der Waals surface area contributed by atoms with Crippen LogP contribution in [0.15, 0.2) is 60.7 Å². The van der Waals surface area contributed by atoms with Crippen molar-refractivity contribution < 1.29 is 60.9 Å². The van der Waals surface area contributed by atoms with Crippen molar-refractivity contribution >= 4 is 44.2 Å². The third-order valence-electron chi connectivity index (χ3n) is 14.4. The van der Waals surface area contributed by atoms with Gasteiger partial charge in [-0.3, -0.25) is 14.1 Å². The molecule has 2 N–H and O–H groups in total. The molecule has 0 aliphatic carbocycles. The molecule has 0 spiro atoms. The van der Waals surface area contributed by atoms with Crippen LogP contribution in [0.4, 0.5) is 0 Å². The molecule has 14 nitrogen and oxygen atoms in total. The quantitative estimate of drug-likeness (QED) is 0.0212. The Morgan fingerprint density at radius 3 is 1.71 bits per heavy atom. The molecule has 0 aromatic heterocycles. The molecule has 7 atom stereocenters. The van der Waals surface area contributed by atoms with Crippen LogP contribution in [0.25, 0.3) is 0 Å². The molecule has 1 saturated heterocycles. The molecule has 2 unspecified atom stereocenters. The molecule has 0 bridgehead atoms. The van der Waals surface area contributed by atoms with Crippen molar-refractivity contribution in [3.63, 3.8) is 0 Å². The van der Waals surface area contributed by atoms with Crippen LogP contribution >= 0.6 is 7.82 Å². The van der Waals surface area contributed by atoms with E-state index in [1.54, 1.807) is 60.7 Å². The van der Waals surface area contributed by atoms with Crippen LogP contribution in [0.3, 0.4) is 0 Å². The molecule has 442 valence electrons. The van der Waals surface area contributed by atoms with Crippen LogP contribution < -0.4 is 14.4 Å². The Balaban J connectivity index is 2.16. The van der Waals surface area contributed by atoms with Crippen LogP contribution in [0.5, 0.6) is 11.5 Å². The fraction of sp³-hybridized carbons (Fsp3) is 0.763. The van der Waals surface area contributed by atoms with Crippen molar-refractivity contribution in [2.24, 2.45) is 0 Å². The summed E-state index contributed by atoms with van der Waals surface area (Å²) in [5, 5.41) is 14.2. The van der Waals surface area contributed by atoms with Gasteiger partial charge in [-0.2, -0.15) is 0 Å². The van der Waals surface area contributed by atoms with Gasteiger partial charge in [-0.1, -0.05) is 200 Å². The van der Waals surface area contributed by atoms with Crippen molar-refractivity contribution in [2.45, 2.75) is 263 Å². The van der Waals surface area contributed by atoms with Gasteiger partial charge < -0.3 is 47.6 Å². The van der Waals surface area contributed by atoms with Gasteiger partial charge in [0.25, 0.3) is 0 Å². The molecular weight excluding hydrogens is 1050 g/mol. The molecule has 1 fully saturated rings. The number of benzene rings is 2. The van der Waals surface area contributed by atoms with E-state index in [0.29, 0.717) is 19.4 Å². The summed E-state index contributed by atoms with van der Waals surface area (Å²) in [4.78, 5) is 29.3. The molecule has 18 heteroatoms. The zero-order valence-electron chi connectivity index (χ0n) is 50.1. The molecule has 1 heterocycles. The number of phosphoric ester groups is 1. The largest absolute Gasteiger partial charge is 0.588 e. The Labute approximate surface area is 469 Å². The second-order valence-corrected chi connectivity index (χ2v) is 42.7. The number of aliphatic hydroxyl groups excluding tert-OH is 1. The normalized spacial score (nSPS) is 19.4. The Kier molecular flexibility index (Phi) is 31.7. The second-order valence-electron chi connectivity index (χ2n) is 25.2. The average Bonchev–Trinajstić information content (AvgIpc) is 3.33. The van der Waals surface area contributed by atoms with E-state index in [4.69, 9.17) is 41.7 Å². The van der Waals surface area contributed by atoms with E-state index in [1.807, 2.05) is 0 Å². The van der Waals surface area contributed by atoms with Gasteiger partial charge in [0.2, 0.25) is 5.91 Å². The molecule has 3 rings (SSSR count). The summed E-state index contributed by atoms with van der Waals surface area (Å²) in [6.07, 6.45) is 9.44. The first-order chi connectivity index (χ1) is 36.3. The predicted octanol–water partition coefficient (Wildman–Crippen LogP) is 15.3. The lowest BCUT2D eigenvalue weighted by molar-refractivity contribution is -0.269. The standard InChI is InChI=1S/C59H106NO13PSi3/c1-14-16-18-20-21-22-23-25-29-39-51(67-47-65-40-42-75(6,7)8)45-53(62)60-55-57(70-54(63)44-48(61)34-28-24-19-17-15-2)56(73-74(64,71-49-35-30-26-31-36-49)72-50-37-32-27-33-38-50)52(46-68-77(12,13)59(3,4)5)69-58(55)66-41-43-76(9,10)11/h26-27,30-33,35-38,48,51-52,55-58,61H,14-25,28-29,34,39-47H2,1-13H3,(H,60,62)/t48?,51?,52-,55-,56-,57-,58-/m1/s1. The Morgan fingerprint density at radius 1 is 0.688 bits per heavy atom. The topological polar surface area (TPSA) is 167 Å². The first kappa shape index (κ1) is 68.9. The van der Waals surface area contributed by atoms with Gasteiger partial charge in [-0.05, 0) is 67.3 Å². The maximum absolute atomic E-state index is 15.5. The minimum absolute atomic E-state index is 0.0277. The van der Waals surface area contributed by atoms with E-state index >= 15 is 4.57 Å². The number of aliphatic hydroxyl groups is 1. The Morgan fingerprint density at radius 2 is 1.19 bits per heavy atom. The zero-order chi connectivity index (χ0) is 57.0. The molecule has 2 aromatic rings. The molecule has 0 saturated carbocycles. The lowest BCUT2D eigenvalue weighted by Gasteiger charge is -2.47. The van der Waals surface area contributed by atoms with Crippen molar-refractivity contribution in [1.82, 2.24) is 5.32 Å². The number of hydrogen-bond acceptors (Lipinski definition) is 13. The van der Waals surface area contributed by atoms with Gasteiger partial charge in [0, 0.05) is 29.4 Å². The summed E-state index contributed by atoms with van der Waals surface area (Å²) in [6.45, 7) is 29.5. The zero-order valence-corrected chi connectivity index (χ0v) is 54.0. The molecule has 1 aliphatic heterocycles. The summed E-state index contributed by atoms with van der Waals surface area (Å²) in [6, 6.07) is 17.6. The summed E-state index contributed by atoms with van der Waals surface area (Å²) in [7, 11) is -10.3. The van der Waals surface area contributed by atoms with E-state index in [0.717, 1.165) is 63.5 Å². The number of unbranched alkanes of at least 4 members (excludes halogenated alkanes) is 12. The highest BCUT2D eigenvalue weighted by Crippen LogP contribution is 2.53. The number of ether oxygens (including phenoxy) is 5. The van der Waals surface area contributed by atoms with Gasteiger partial charge in [0.05, 0.1) is 31.7 Å². The fourth-order valence-corrected chi connectivity index (χ4v) is 12.4. The number of amides is 1. The number of carbonyl (C=O) groups is 2. The molecule has 1 aliphatic rings. The Bertz CT molecular complexity index is 1900. The van der Waals surface area contributed by atoms with Gasteiger partial charge in [-0.15, -0.1) is 0 Å². The number of carbonyl (C=O) groups excluding carboxylic acids is 2. The second kappa shape index (κ2) is 35.4. The fourth-order valence-electron chi connectivity index (χ4n) is 8.46. The molecular formula is C59H106NO13PSi3. The van der Waals surface area contributed by atoms with E-state index in [-0.39, 0.29) is 49.4 Å². The highest BCUT2D eigenvalue weighted by Gasteiger charge is 2.55. The summed E-state index contributed by atoms with van der Waals surface area (Å²) < 4.78 is 74.0. The third-order valence-corrected chi connectivity index (χ3v) is 23.7. The van der Waals surface area contributed by atoms with Gasteiger partial charge >= 0.3 is 13.8 Å². The van der Waals surface area contributed by atoms with Crippen LogP contribution in [-0.4, -0.2) is 111 Å². The van der Waals surface area contributed by atoms with E-state index < -0.39 is 87.0 Å². The van der Waals surface area contributed by atoms with Gasteiger partial charge in [0.1, 0.15) is 36.5 Å². The predicted molar refractivity (Wildman–Crippen MR) is 319 cm³/mol. The maximum Gasteiger partial charge on any atom is 0.588 e. The smallest absolute Gasteiger partial charge is 0.457 e. The number of phosphoric acid groups is 1. The highest BCUT2D eigenvalue weighted by molar-refractivity contribution is 7.49. The number of rotatable bonds is 41. The molecule has 0 radical (unpaired) electrons. The minimum atomic E-state index is -4.75. The van der Waals surface area contributed by atoms with Gasteiger partial charge in [0.15, 0.2) is 20.7 Å². The van der Waals surface area contributed by atoms with Crippen LogP contribution in [0.1, 0.15) is 150 Å². The number of hydrogen-bond donors (Lipinski definition) is 2.